The van der Waals surface area contributed by atoms with E-state index in [1.165, 1.54) is 7.11 Å². The number of ether oxygens (including phenoxy) is 1. The van der Waals surface area contributed by atoms with E-state index in [0.717, 1.165) is 0 Å². The molecular formula is C12H10N2O3. The summed E-state index contributed by atoms with van der Waals surface area (Å²) in [4.78, 5) is 26.0. The van der Waals surface area contributed by atoms with Crippen molar-refractivity contribution in [1.29, 1.82) is 0 Å². The summed E-state index contributed by atoms with van der Waals surface area (Å²) in [5.41, 5.74) is -0.363. The highest BCUT2D eigenvalue weighted by atomic mass is 16.5. The molecule has 17 heavy (non-hydrogen) atoms. The molecule has 2 aromatic rings. The van der Waals surface area contributed by atoms with Crippen molar-refractivity contribution in [3.63, 3.8) is 0 Å². The van der Waals surface area contributed by atoms with Gasteiger partial charge in [-0.1, -0.05) is 12.1 Å². The Bertz CT molecular complexity index is 639. The Hall–Kier alpha value is -2.43. The maximum absolute atomic E-state index is 11.3. The number of para-hydroxylation sites is 2. The molecule has 5 heteroatoms. The maximum Gasteiger partial charge on any atom is 0.255 e. The zero-order chi connectivity index (χ0) is 12.4. The topological polar surface area (TPSA) is 67.8 Å². The SMILES string of the molecule is C=Nc1c(Nc2ccccc2OC)c(=O)c1=O. The van der Waals surface area contributed by atoms with Crippen LogP contribution in [0.1, 0.15) is 0 Å². The van der Waals surface area contributed by atoms with E-state index in [1.807, 2.05) is 0 Å². The van der Waals surface area contributed by atoms with Gasteiger partial charge in [-0.25, -0.2) is 0 Å². The fourth-order valence-corrected chi connectivity index (χ4v) is 1.53. The molecule has 0 radical (unpaired) electrons. The molecule has 0 aromatic heterocycles. The highest BCUT2D eigenvalue weighted by molar-refractivity contribution is 5.79. The molecule has 1 N–H and O–H groups in total. The van der Waals surface area contributed by atoms with E-state index in [9.17, 15) is 9.59 Å². The van der Waals surface area contributed by atoms with Crippen molar-refractivity contribution in [2.75, 3.05) is 12.4 Å². The normalized spacial score (nSPS) is 10.2. The number of hydrogen-bond acceptors (Lipinski definition) is 5. The van der Waals surface area contributed by atoms with Crippen LogP contribution in [0.3, 0.4) is 0 Å². The Labute approximate surface area is 97.1 Å². The van der Waals surface area contributed by atoms with Crippen LogP contribution in [0.4, 0.5) is 17.1 Å². The number of aliphatic imine (C=N–C) groups is 1. The van der Waals surface area contributed by atoms with Gasteiger partial charge in [0.1, 0.15) is 17.1 Å². The zero-order valence-corrected chi connectivity index (χ0v) is 9.19. The van der Waals surface area contributed by atoms with Crippen molar-refractivity contribution in [2.24, 2.45) is 4.99 Å². The van der Waals surface area contributed by atoms with Crippen molar-refractivity contribution >= 4 is 23.8 Å². The molecular weight excluding hydrogens is 220 g/mol. The average molecular weight is 230 g/mol. The quantitative estimate of drug-likeness (QED) is 0.636. The molecule has 2 rings (SSSR count). The molecule has 0 aliphatic heterocycles. The Kier molecular flexibility index (Phi) is 2.74. The lowest BCUT2D eigenvalue weighted by Crippen LogP contribution is -2.32. The van der Waals surface area contributed by atoms with Crippen molar-refractivity contribution in [2.45, 2.75) is 0 Å². The third-order valence-electron chi connectivity index (χ3n) is 2.41. The first-order chi connectivity index (χ1) is 8.19. The second-order valence-electron chi connectivity index (χ2n) is 3.37. The van der Waals surface area contributed by atoms with E-state index in [1.54, 1.807) is 24.3 Å². The predicted molar refractivity (Wildman–Crippen MR) is 66.8 cm³/mol. The molecule has 2 aromatic carbocycles. The van der Waals surface area contributed by atoms with E-state index in [2.05, 4.69) is 17.0 Å². The van der Waals surface area contributed by atoms with Crippen molar-refractivity contribution in [3.8, 4) is 5.75 Å². The fourth-order valence-electron chi connectivity index (χ4n) is 1.53. The van der Waals surface area contributed by atoms with Crippen molar-refractivity contribution in [1.82, 2.24) is 0 Å². The molecule has 0 fully saturated rings. The summed E-state index contributed by atoms with van der Waals surface area (Å²) in [6, 6.07) is 7.08. The molecule has 86 valence electrons. The van der Waals surface area contributed by atoms with Crippen LogP contribution in [0.25, 0.3) is 0 Å². The second kappa shape index (κ2) is 4.21. The Morgan fingerprint density at radius 3 is 2.59 bits per heavy atom. The van der Waals surface area contributed by atoms with E-state index >= 15 is 0 Å². The first kappa shape index (κ1) is 11.1. The summed E-state index contributed by atoms with van der Waals surface area (Å²) in [5.74, 6) is 0.579. The van der Waals surface area contributed by atoms with Crippen LogP contribution in [-0.2, 0) is 0 Å². The minimum absolute atomic E-state index is 0.0703. The maximum atomic E-state index is 11.3. The van der Waals surface area contributed by atoms with Gasteiger partial charge in [0.2, 0.25) is 0 Å². The molecule has 0 spiro atoms. The lowest BCUT2D eigenvalue weighted by molar-refractivity contribution is 0.417. The number of anilines is 2. The van der Waals surface area contributed by atoms with Gasteiger partial charge in [0.25, 0.3) is 10.9 Å². The summed E-state index contributed by atoms with van der Waals surface area (Å²) in [5, 5.41) is 2.83. The molecule has 0 saturated carbocycles. The number of hydrogen-bond donors (Lipinski definition) is 1. The third-order valence-corrected chi connectivity index (χ3v) is 2.41. The summed E-state index contributed by atoms with van der Waals surface area (Å²) in [6.45, 7) is 3.25. The molecule has 0 aliphatic carbocycles. The van der Waals surface area contributed by atoms with Crippen molar-refractivity contribution in [3.05, 3.63) is 44.7 Å². The smallest absolute Gasteiger partial charge is 0.255 e. The lowest BCUT2D eigenvalue weighted by atomic mass is 10.2. The monoisotopic (exact) mass is 230 g/mol. The summed E-state index contributed by atoms with van der Waals surface area (Å²) in [7, 11) is 1.52. The van der Waals surface area contributed by atoms with Crippen LogP contribution in [-0.4, -0.2) is 13.8 Å². The van der Waals surface area contributed by atoms with E-state index in [0.29, 0.717) is 11.4 Å². The van der Waals surface area contributed by atoms with Crippen LogP contribution in [0.15, 0.2) is 38.8 Å². The Morgan fingerprint density at radius 1 is 1.24 bits per heavy atom. The van der Waals surface area contributed by atoms with Gasteiger partial charge in [-0.2, -0.15) is 0 Å². The lowest BCUT2D eigenvalue weighted by Gasteiger charge is -2.12. The van der Waals surface area contributed by atoms with Gasteiger partial charge in [-0.05, 0) is 18.9 Å². The molecule has 0 atom stereocenters. The Balaban J connectivity index is 2.39. The van der Waals surface area contributed by atoms with Crippen LogP contribution < -0.4 is 20.9 Å². The minimum atomic E-state index is -0.614. The van der Waals surface area contributed by atoms with Gasteiger partial charge < -0.3 is 10.1 Å². The number of nitrogens with one attached hydrogen (secondary N) is 1. The van der Waals surface area contributed by atoms with Crippen molar-refractivity contribution < 1.29 is 4.74 Å². The molecule has 0 saturated heterocycles. The molecule has 0 unspecified atom stereocenters. The van der Waals surface area contributed by atoms with Crippen LogP contribution in [0.5, 0.6) is 5.75 Å². The van der Waals surface area contributed by atoms with Gasteiger partial charge in [0.05, 0.1) is 12.8 Å². The standard InChI is InChI=1S/C12H10N2O3/c1-13-9-10(12(16)11(9)15)14-7-5-3-4-6-8(7)17-2/h3-6,14H,1H2,2H3. The molecule has 0 amide bonds. The zero-order valence-electron chi connectivity index (χ0n) is 9.19. The van der Waals surface area contributed by atoms with Gasteiger partial charge in [-0.15, -0.1) is 0 Å². The second-order valence-corrected chi connectivity index (χ2v) is 3.37. The Morgan fingerprint density at radius 2 is 1.94 bits per heavy atom. The van der Waals surface area contributed by atoms with Crippen LogP contribution >= 0.6 is 0 Å². The minimum Gasteiger partial charge on any atom is -0.495 e. The van der Waals surface area contributed by atoms with Crippen LogP contribution in [0, 0.1) is 0 Å². The van der Waals surface area contributed by atoms with Gasteiger partial charge in [0.15, 0.2) is 0 Å². The van der Waals surface area contributed by atoms with E-state index in [4.69, 9.17) is 4.74 Å². The predicted octanol–water partition coefficient (Wildman–Crippen LogP) is 1.37. The summed E-state index contributed by atoms with van der Waals surface area (Å²) in [6.07, 6.45) is 0. The van der Waals surface area contributed by atoms with E-state index < -0.39 is 10.9 Å². The van der Waals surface area contributed by atoms with Gasteiger partial charge in [0, 0.05) is 0 Å². The molecule has 0 bridgehead atoms. The van der Waals surface area contributed by atoms with Crippen LogP contribution in [0.2, 0.25) is 0 Å². The highest BCUT2D eigenvalue weighted by Gasteiger charge is 2.20. The first-order valence-corrected chi connectivity index (χ1v) is 4.89. The largest absolute Gasteiger partial charge is 0.495 e. The number of benzene rings is 1. The molecule has 0 heterocycles. The fraction of sp³-hybridized carbons (Fsp3) is 0.0833. The number of rotatable bonds is 4. The van der Waals surface area contributed by atoms with E-state index in [-0.39, 0.29) is 11.4 Å². The first-order valence-electron chi connectivity index (χ1n) is 4.89. The molecule has 5 nitrogen and oxygen atoms in total. The molecule has 0 aliphatic rings. The highest BCUT2D eigenvalue weighted by Crippen LogP contribution is 2.29. The average Bonchev–Trinajstić information content (AvgIpc) is 2.38. The summed E-state index contributed by atoms with van der Waals surface area (Å²) < 4.78 is 5.12. The number of nitrogens with zero attached hydrogens (tertiary/aromatic N) is 1. The summed E-state index contributed by atoms with van der Waals surface area (Å²) >= 11 is 0. The third kappa shape index (κ3) is 1.71. The number of methoxy groups -OCH3 is 1. The van der Waals surface area contributed by atoms with Gasteiger partial charge in [-0.3, -0.25) is 14.6 Å². The van der Waals surface area contributed by atoms with Gasteiger partial charge >= 0.3 is 0 Å².